The maximum atomic E-state index is 10.7. The summed E-state index contributed by atoms with van der Waals surface area (Å²) in [5.74, 6) is 0. The van der Waals surface area contributed by atoms with Gasteiger partial charge >= 0.3 is 0 Å². The van der Waals surface area contributed by atoms with Gasteiger partial charge in [-0.3, -0.25) is 10.1 Å². The SMILES string of the molecule is Cc1cc([N+](=O)[O-])ccc1NC1CCC(N)CC1. The van der Waals surface area contributed by atoms with E-state index in [1.54, 1.807) is 18.2 Å². The number of hydrogen-bond donors (Lipinski definition) is 2. The molecule has 2 rings (SSSR count). The van der Waals surface area contributed by atoms with Crippen LogP contribution in [0.15, 0.2) is 18.2 Å². The lowest BCUT2D eigenvalue weighted by Gasteiger charge is -2.28. The maximum Gasteiger partial charge on any atom is 0.269 e. The van der Waals surface area contributed by atoms with Crippen LogP contribution in [0.1, 0.15) is 31.2 Å². The predicted octanol–water partition coefficient (Wildman–Crippen LogP) is 2.59. The van der Waals surface area contributed by atoms with Crippen LogP contribution in [0.25, 0.3) is 0 Å². The van der Waals surface area contributed by atoms with Crippen LogP contribution >= 0.6 is 0 Å². The van der Waals surface area contributed by atoms with Crippen molar-refractivity contribution in [3.05, 3.63) is 33.9 Å². The second kappa shape index (κ2) is 5.35. The fraction of sp³-hybridized carbons (Fsp3) is 0.538. The smallest absolute Gasteiger partial charge is 0.269 e. The van der Waals surface area contributed by atoms with E-state index in [9.17, 15) is 10.1 Å². The van der Waals surface area contributed by atoms with Crippen molar-refractivity contribution in [2.45, 2.75) is 44.7 Å². The molecule has 0 unspecified atom stereocenters. The molecule has 0 heterocycles. The molecule has 0 radical (unpaired) electrons. The molecule has 1 aromatic rings. The van der Waals surface area contributed by atoms with Crippen LogP contribution in [0.3, 0.4) is 0 Å². The van der Waals surface area contributed by atoms with Crippen LogP contribution in [-0.4, -0.2) is 17.0 Å². The number of anilines is 1. The maximum absolute atomic E-state index is 10.7. The average molecular weight is 249 g/mol. The monoisotopic (exact) mass is 249 g/mol. The van der Waals surface area contributed by atoms with E-state index in [4.69, 9.17) is 5.73 Å². The van der Waals surface area contributed by atoms with Crippen LogP contribution in [0.2, 0.25) is 0 Å². The Morgan fingerprint density at radius 1 is 1.33 bits per heavy atom. The van der Waals surface area contributed by atoms with Crippen molar-refractivity contribution in [1.29, 1.82) is 0 Å². The third-order valence-corrected chi connectivity index (χ3v) is 3.55. The molecule has 5 heteroatoms. The minimum atomic E-state index is -0.365. The quantitative estimate of drug-likeness (QED) is 0.637. The molecule has 0 spiro atoms. The number of nitrogens with one attached hydrogen (secondary N) is 1. The van der Waals surface area contributed by atoms with Gasteiger partial charge in [0.25, 0.3) is 5.69 Å². The van der Waals surface area contributed by atoms with Gasteiger partial charge in [-0.15, -0.1) is 0 Å². The molecule has 0 atom stereocenters. The molecule has 1 fully saturated rings. The standard InChI is InChI=1S/C13H19N3O2/c1-9-8-12(16(17)18)6-7-13(9)15-11-4-2-10(14)3-5-11/h6-8,10-11,15H,2-5,14H2,1H3. The van der Waals surface area contributed by atoms with Crippen molar-refractivity contribution < 1.29 is 4.92 Å². The summed E-state index contributed by atoms with van der Waals surface area (Å²) in [6.07, 6.45) is 4.22. The van der Waals surface area contributed by atoms with E-state index in [1.807, 2.05) is 6.92 Å². The predicted molar refractivity (Wildman–Crippen MR) is 71.7 cm³/mol. The zero-order valence-electron chi connectivity index (χ0n) is 10.6. The van der Waals surface area contributed by atoms with E-state index in [0.717, 1.165) is 36.9 Å². The largest absolute Gasteiger partial charge is 0.382 e. The van der Waals surface area contributed by atoms with Crippen molar-refractivity contribution >= 4 is 11.4 Å². The first kappa shape index (κ1) is 12.8. The summed E-state index contributed by atoms with van der Waals surface area (Å²) in [6, 6.07) is 5.72. The van der Waals surface area contributed by atoms with Crippen LogP contribution in [0.5, 0.6) is 0 Å². The Labute approximate surface area is 107 Å². The van der Waals surface area contributed by atoms with Gasteiger partial charge in [-0.2, -0.15) is 0 Å². The molecular formula is C13H19N3O2. The molecule has 1 aliphatic rings. The molecular weight excluding hydrogens is 230 g/mol. The number of nitro groups is 1. The van der Waals surface area contributed by atoms with Crippen LogP contribution in [0.4, 0.5) is 11.4 Å². The number of rotatable bonds is 3. The van der Waals surface area contributed by atoms with E-state index in [-0.39, 0.29) is 10.6 Å². The van der Waals surface area contributed by atoms with Crippen molar-refractivity contribution in [3.8, 4) is 0 Å². The highest BCUT2D eigenvalue weighted by Crippen LogP contribution is 2.25. The minimum absolute atomic E-state index is 0.142. The molecule has 5 nitrogen and oxygen atoms in total. The summed E-state index contributed by atoms with van der Waals surface area (Å²) < 4.78 is 0. The van der Waals surface area contributed by atoms with Gasteiger partial charge in [-0.25, -0.2) is 0 Å². The third kappa shape index (κ3) is 2.98. The second-order valence-corrected chi connectivity index (χ2v) is 5.01. The van der Waals surface area contributed by atoms with E-state index in [0.29, 0.717) is 12.1 Å². The number of benzene rings is 1. The normalized spacial score (nSPS) is 23.7. The topological polar surface area (TPSA) is 81.2 Å². The van der Waals surface area contributed by atoms with Gasteiger partial charge in [0.1, 0.15) is 0 Å². The molecule has 3 N–H and O–H groups in total. The highest BCUT2D eigenvalue weighted by Gasteiger charge is 2.19. The van der Waals surface area contributed by atoms with Gasteiger partial charge < -0.3 is 11.1 Å². The first-order valence-corrected chi connectivity index (χ1v) is 6.33. The van der Waals surface area contributed by atoms with Gasteiger partial charge in [0, 0.05) is 29.9 Å². The fourth-order valence-electron chi connectivity index (χ4n) is 2.41. The summed E-state index contributed by atoms with van der Waals surface area (Å²) in [6.45, 7) is 1.89. The van der Waals surface area contributed by atoms with Crippen molar-refractivity contribution in [2.75, 3.05) is 5.32 Å². The van der Waals surface area contributed by atoms with Crippen molar-refractivity contribution in [1.82, 2.24) is 0 Å². The van der Waals surface area contributed by atoms with Crippen molar-refractivity contribution in [3.63, 3.8) is 0 Å². The molecule has 0 saturated heterocycles. The summed E-state index contributed by atoms with van der Waals surface area (Å²) >= 11 is 0. The summed E-state index contributed by atoms with van der Waals surface area (Å²) in [5, 5.41) is 14.1. The number of nitro benzene ring substituents is 1. The van der Waals surface area contributed by atoms with E-state index < -0.39 is 0 Å². The molecule has 0 aromatic heterocycles. The third-order valence-electron chi connectivity index (χ3n) is 3.55. The zero-order valence-corrected chi connectivity index (χ0v) is 10.6. The van der Waals surface area contributed by atoms with Gasteiger partial charge in [0.15, 0.2) is 0 Å². The Kier molecular flexibility index (Phi) is 3.81. The van der Waals surface area contributed by atoms with Crippen LogP contribution in [0, 0.1) is 17.0 Å². The van der Waals surface area contributed by atoms with Gasteiger partial charge in [0.05, 0.1) is 4.92 Å². The molecule has 1 saturated carbocycles. The Morgan fingerprint density at radius 2 is 2.00 bits per heavy atom. The molecule has 0 amide bonds. The zero-order chi connectivity index (χ0) is 13.1. The lowest BCUT2D eigenvalue weighted by molar-refractivity contribution is -0.384. The van der Waals surface area contributed by atoms with Crippen LogP contribution in [-0.2, 0) is 0 Å². The minimum Gasteiger partial charge on any atom is -0.382 e. The fourth-order valence-corrected chi connectivity index (χ4v) is 2.41. The Balaban J connectivity index is 2.03. The Hall–Kier alpha value is -1.62. The summed E-state index contributed by atoms with van der Waals surface area (Å²) in [7, 11) is 0. The molecule has 98 valence electrons. The lowest BCUT2D eigenvalue weighted by atomic mass is 9.91. The summed E-state index contributed by atoms with van der Waals surface area (Å²) in [4.78, 5) is 10.3. The first-order chi connectivity index (χ1) is 8.56. The Morgan fingerprint density at radius 3 is 2.56 bits per heavy atom. The van der Waals surface area contributed by atoms with Gasteiger partial charge in [0.2, 0.25) is 0 Å². The molecule has 18 heavy (non-hydrogen) atoms. The molecule has 0 bridgehead atoms. The number of non-ortho nitro benzene ring substituents is 1. The molecule has 1 aliphatic carbocycles. The lowest BCUT2D eigenvalue weighted by Crippen LogP contribution is -2.32. The number of nitrogens with zero attached hydrogens (tertiary/aromatic N) is 1. The summed E-state index contributed by atoms with van der Waals surface area (Å²) in [5.41, 5.74) is 7.92. The molecule has 0 aliphatic heterocycles. The highest BCUT2D eigenvalue weighted by atomic mass is 16.6. The van der Waals surface area contributed by atoms with Gasteiger partial charge in [-0.1, -0.05) is 0 Å². The van der Waals surface area contributed by atoms with Gasteiger partial charge in [-0.05, 0) is 44.2 Å². The van der Waals surface area contributed by atoms with Crippen molar-refractivity contribution in [2.24, 2.45) is 5.73 Å². The number of nitrogens with two attached hydrogens (primary N) is 1. The Bertz CT molecular complexity index is 440. The average Bonchev–Trinajstić information content (AvgIpc) is 2.34. The highest BCUT2D eigenvalue weighted by molar-refractivity contribution is 5.55. The van der Waals surface area contributed by atoms with E-state index in [2.05, 4.69) is 5.32 Å². The first-order valence-electron chi connectivity index (χ1n) is 6.33. The second-order valence-electron chi connectivity index (χ2n) is 5.01. The van der Waals surface area contributed by atoms with E-state index in [1.165, 1.54) is 0 Å². The molecule has 1 aromatic carbocycles. The van der Waals surface area contributed by atoms with E-state index >= 15 is 0 Å². The number of aryl methyl sites for hydroxylation is 1. The van der Waals surface area contributed by atoms with Crippen LogP contribution < -0.4 is 11.1 Å². The number of hydrogen-bond acceptors (Lipinski definition) is 4.